The molecule has 0 radical (unpaired) electrons. The normalized spacial score (nSPS) is 13.6. The Bertz CT molecular complexity index is 948. The maximum Gasteiger partial charge on any atom is 0.0487 e. The van der Waals surface area contributed by atoms with Crippen molar-refractivity contribution < 1.29 is 0 Å². The van der Waals surface area contributed by atoms with E-state index in [1.807, 2.05) is 0 Å². The van der Waals surface area contributed by atoms with Gasteiger partial charge < -0.3 is 9.80 Å². The van der Waals surface area contributed by atoms with E-state index in [1.54, 1.807) is 0 Å². The molecule has 3 aromatic rings. The fourth-order valence-corrected chi connectivity index (χ4v) is 3.93. The van der Waals surface area contributed by atoms with E-state index < -0.39 is 0 Å². The molecular weight excluding hydrogens is 340 g/mol. The lowest BCUT2D eigenvalue weighted by atomic mass is 9.97. The SMILES string of the molecule is C=C(c1ccc(N2CCCC2)cc1)c1ccccc1N(C)c1ccc(C)cc1. The number of hydrogen-bond acceptors (Lipinski definition) is 2. The zero-order chi connectivity index (χ0) is 19.5. The average molecular weight is 369 g/mol. The molecule has 3 aromatic carbocycles. The Morgan fingerprint density at radius 2 is 1.50 bits per heavy atom. The maximum atomic E-state index is 4.43. The van der Waals surface area contributed by atoms with E-state index in [2.05, 4.69) is 103 Å². The van der Waals surface area contributed by atoms with E-state index in [0.29, 0.717) is 0 Å². The van der Waals surface area contributed by atoms with E-state index in [1.165, 1.54) is 59.7 Å². The van der Waals surface area contributed by atoms with Crippen molar-refractivity contribution in [1.29, 1.82) is 0 Å². The van der Waals surface area contributed by atoms with Crippen LogP contribution in [0.2, 0.25) is 0 Å². The maximum absolute atomic E-state index is 4.43. The van der Waals surface area contributed by atoms with Crippen LogP contribution < -0.4 is 9.80 Å². The Balaban J connectivity index is 1.62. The lowest BCUT2D eigenvalue weighted by molar-refractivity contribution is 0.949. The summed E-state index contributed by atoms with van der Waals surface area (Å²) in [5, 5.41) is 0. The van der Waals surface area contributed by atoms with Crippen molar-refractivity contribution in [3.63, 3.8) is 0 Å². The third-order valence-electron chi connectivity index (χ3n) is 5.70. The van der Waals surface area contributed by atoms with Gasteiger partial charge in [-0.2, -0.15) is 0 Å². The van der Waals surface area contributed by atoms with Crippen LogP contribution in [0, 0.1) is 6.92 Å². The Hall–Kier alpha value is -3.00. The van der Waals surface area contributed by atoms with Crippen molar-refractivity contribution in [1.82, 2.24) is 0 Å². The summed E-state index contributed by atoms with van der Waals surface area (Å²) in [7, 11) is 2.12. The van der Waals surface area contributed by atoms with Crippen LogP contribution in [0.3, 0.4) is 0 Å². The molecule has 0 N–H and O–H groups in total. The van der Waals surface area contributed by atoms with Gasteiger partial charge in [-0.3, -0.25) is 0 Å². The van der Waals surface area contributed by atoms with Gasteiger partial charge in [0.25, 0.3) is 0 Å². The minimum atomic E-state index is 1.06. The molecule has 4 rings (SSSR count). The lowest BCUT2D eigenvalue weighted by Crippen LogP contribution is -2.17. The van der Waals surface area contributed by atoms with Gasteiger partial charge in [-0.15, -0.1) is 0 Å². The molecule has 0 bridgehead atoms. The first kappa shape index (κ1) is 18.4. The first-order valence-corrected chi connectivity index (χ1v) is 10.1. The van der Waals surface area contributed by atoms with Crippen molar-refractivity contribution >= 4 is 22.6 Å². The van der Waals surface area contributed by atoms with Gasteiger partial charge in [0.2, 0.25) is 0 Å². The largest absolute Gasteiger partial charge is 0.372 e. The quantitative estimate of drug-likeness (QED) is 0.512. The fraction of sp³-hybridized carbons (Fsp3) is 0.231. The second kappa shape index (κ2) is 7.93. The molecular formula is C26H28N2. The minimum Gasteiger partial charge on any atom is -0.372 e. The molecule has 1 fully saturated rings. The summed E-state index contributed by atoms with van der Waals surface area (Å²) in [5.74, 6) is 0. The first-order chi connectivity index (χ1) is 13.6. The van der Waals surface area contributed by atoms with Crippen molar-refractivity contribution in [2.45, 2.75) is 19.8 Å². The Kier molecular flexibility index (Phi) is 5.21. The molecule has 2 nitrogen and oxygen atoms in total. The molecule has 142 valence electrons. The zero-order valence-corrected chi connectivity index (χ0v) is 16.9. The zero-order valence-electron chi connectivity index (χ0n) is 16.9. The molecule has 0 atom stereocenters. The smallest absolute Gasteiger partial charge is 0.0487 e. The molecule has 2 heteroatoms. The monoisotopic (exact) mass is 368 g/mol. The molecule has 1 heterocycles. The van der Waals surface area contributed by atoms with Crippen LogP contribution in [0.25, 0.3) is 5.57 Å². The number of benzene rings is 3. The molecule has 0 unspecified atom stereocenters. The molecule has 0 aliphatic carbocycles. The number of para-hydroxylation sites is 1. The number of anilines is 3. The number of nitrogens with zero attached hydrogens (tertiary/aromatic N) is 2. The molecule has 28 heavy (non-hydrogen) atoms. The highest BCUT2D eigenvalue weighted by Gasteiger charge is 2.15. The summed E-state index contributed by atoms with van der Waals surface area (Å²) in [6.07, 6.45) is 2.60. The van der Waals surface area contributed by atoms with Crippen LogP contribution in [0.4, 0.5) is 17.1 Å². The van der Waals surface area contributed by atoms with Gasteiger partial charge in [0.05, 0.1) is 0 Å². The summed E-state index contributed by atoms with van der Waals surface area (Å²) < 4.78 is 0. The van der Waals surface area contributed by atoms with Crippen LogP contribution >= 0.6 is 0 Å². The van der Waals surface area contributed by atoms with Gasteiger partial charge in [-0.25, -0.2) is 0 Å². The molecule has 1 saturated heterocycles. The predicted octanol–water partition coefficient (Wildman–Crippen LogP) is 6.42. The Morgan fingerprint density at radius 3 is 2.18 bits per heavy atom. The van der Waals surface area contributed by atoms with E-state index in [4.69, 9.17) is 0 Å². The minimum absolute atomic E-state index is 1.06. The van der Waals surface area contributed by atoms with Crippen LogP contribution in [0.1, 0.15) is 29.5 Å². The average Bonchev–Trinajstić information content (AvgIpc) is 3.28. The van der Waals surface area contributed by atoms with Crippen LogP contribution in [0.5, 0.6) is 0 Å². The molecule has 0 spiro atoms. The molecule has 1 aliphatic heterocycles. The van der Waals surface area contributed by atoms with Crippen LogP contribution in [-0.4, -0.2) is 20.1 Å². The topological polar surface area (TPSA) is 6.48 Å². The summed E-state index contributed by atoms with van der Waals surface area (Å²) in [4.78, 5) is 4.70. The van der Waals surface area contributed by atoms with Crippen LogP contribution in [-0.2, 0) is 0 Å². The molecule has 1 aliphatic rings. The molecule has 0 amide bonds. The van der Waals surface area contributed by atoms with Crippen molar-refractivity contribution in [2.75, 3.05) is 29.9 Å². The Morgan fingerprint density at radius 1 is 0.857 bits per heavy atom. The highest BCUT2D eigenvalue weighted by Crippen LogP contribution is 2.34. The predicted molar refractivity (Wildman–Crippen MR) is 122 cm³/mol. The summed E-state index contributed by atoms with van der Waals surface area (Å²) in [6, 6.07) is 26.0. The highest BCUT2D eigenvalue weighted by atomic mass is 15.1. The van der Waals surface area contributed by atoms with Crippen molar-refractivity contribution in [3.8, 4) is 0 Å². The van der Waals surface area contributed by atoms with Gasteiger partial charge >= 0.3 is 0 Å². The Labute approximate surface area is 168 Å². The van der Waals surface area contributed by atoms with E-state index in [0.717, 1.165) is 5.57 Å². The lowest BCUT2D eigenvalue weighted by Gasteiger charge is -2.24. The van der Waals surface area contributed by atoms with Gasteiger partial charge in [0, 0.05) is 42.8 Å². The molecule has 0 saturated carbocycles. The highest BCUT2D eigenvalue weighted by molar-refractivity contribution is 5.87. The second-order valence-electron chi connectivity index (χ2n) is 7.63. The summed E-state index contributed by atoms with van der Waals surface area (Å²) in [5.41, 5.74) is 8.33. The van der Waals surface area contributed by atoms with E-state index in [-0.39, 0.29) is 0 Å². The number of rotatable bonds is 5. The third-order valence-corrected chi connectivity index (χ3v) is 5.70. The third kappa shape index (κ3) is 3.68. The van der Waals surface area contributed by atoms with Gasteiger partial charge in [0.15, 0.2) is 0 Å². The van der Waals surface area contributed by atoms with Gasteiger partial charge in [0.1, 0.15) is 0 Å². The van der Waals surface area contributed by atoms with Crippen molar-refractivity contribution in [3.05, 3.63) is 96.1 Å². The van der Waals surface area contributed by atoms with Crippen molar-refractivity contribution in [2.24, 2.45) is 0 Å². The number of hydrogen-bond donors (Lipinski definition) is 0. The van der Waals surface area contributed by atoms with E-state index in [9.17, 15) is 0 Å². The van der Waals surface area contributed by atoms with Crippen LogP contribution in [0.15, 0.2) is 79.4 Å². The number of aryl methyl sites for hydroxylation is 1. The van der Waals surface area contributed by atoms with E-state index >= 15 is 0 Å². The summed E-state index contributed by atoms with van der Waals surface area (Å²) in [6.45, 7) is 8.89. The standard InChI is InChI=1S/C26H28N2/c1-20-10-14-23(15-11-20)27(3)26-9-5-4-8-25(26)21(2)22-12-16-24(17-13-22)28-18-6-7-19-28/h4-5,8-17H,2,6-7,18-19H2,1,3H3. The van der Waals surface area contributed by atoms with Gasteiger partial charge in [-0.1, -0.05) is 54.6 Å². The van der Waals surface area contributed by atoms with Gasteiger partial charge in [-0.05, 0) is 61.2 Å². The second-order valence-corrected chi connectivity index (χ2v) is 7.63. The fourth-order valence-electron chi connectivity index (χ4n) is 3.93. The first-order valence-electron chi connectivity index (χ1n) is 10.1. The summed E-state index contributed by atoms with van der Waals surface area (Å²) >= 11 is 0. The molecule has 0 aromatic heterocycles.